The maximum absolute atomic E-state index is 14.4. The van der Waals surface area contributed by atoms with Crippen LogP contribution in [-0.2, 0) is 16.1 Å². The van der Waals surface area contributed by atoms with Gasteiger partial charge in [-0.05, 0) is 31.9 Å². The number of rotatable bonds is 5. The maximum Gasteiger partial charge on any atom is 0.282 e. The van der Waals surface area contributed by atoms with Gasteiger partial charge in [-0.1, -0.05) is 42.0 Å². The largest absolute Gasteiger partial charge is 0.282 e. The molecule has 0 N–H and O–H groups in total. The third-order valence-electron chi connectivity index (χ3n) is 5.88. The van der Waals surface area contributed by atoms with E-state index in [9.17, 15) is 28.9 Å². The third-order valence-corrected chi connectivity index (χ3v) is 5.88. The van der Waals surface area contributed by atoms with Crippen molar-refractivity contribution < 1.29 is 23.7 Å². The Bertz CT molecular complexity index is 1160. The molecular weight excluding hydrogens is 417 g/mol. The van der Waals surface area contributed by atoms with E-state index in [2.05, 4.69) is 0 Å². The van der Waals surface area contributed by atoms with Crippen LogP contribution in [0.15, 0.2) is 60.2 Å². The third kappa shape index (κ3) is 3.66. The second kappa shape index (κ2) is 8.33. The molecule has 0 bridgehead atoms. The minimum Gasteiger partial charge on any atom is -0.272 e. The Morgan fingerprint density at radius 1 is 1.12 bits per heavy atom. The van der Waals surface area contributed by atoms with Gasteiger partial charge in [-0.25, -0.2) is 9.40 Å². The van der Waals surface area contributed by atoms with Crippen molar-refractivity contribution in [1.29, 1.82) is 0 Å². The van der Waals surface area contributed by atoms with Gasteiger partial charge in [0, 0.05) is 11.6 Å². The van der Waals surface area contributed by atoms with Crippen LogP contribution in [0.2, 0.25) is 0 Å². The number of nitrogens with zero attached hydrogens (tertiary/aromatic N) is 3. The number of hydrogen-bond acceptors (Lipinski definition) is 5. The highest BCUT2D eigenvalue weighted by Crippen LogP contribution is 2.39. The molecule has 2 atom stereocenters. The monoisotopic (exact) mass is 437 g/mol. The SMILES string of the molecule is CC1=CC[C@H]2C(=O)N(N(Cc3ccccc3F)C(=O)c3ccccc3[N+](=O)[O-])C(=O)[C@@H]2C1. The zero-order valence-corrected chi connectivity index (χ0v) is 17.2. The predicted octanol–water partition coefficient (Wildman–Crippen LogP) is 3.63. The molecule has 164 valence electrons. The van der Waals surface area contributed by atoms with Crippen LogP contribution >= 0.6 is 0 Å². The predicted molar refractivity (Wildman–Crippen MR) is 111 cm³/mol. The number of carbonyl (C=O) groups is 3. The number of hydrogen-bond donors (Lipinski definition) is 0. The van der Waals surface area contributed by atoms with Crippen LogP contribution in [0, 0.1) is 27.8 Å². The van der Waals surface area contributed by atoms with Gasteiger partial charge in [-0.3, -0.25) is 24.5 Å². The Morgan fingerprint density at radius 2 is 1.78 bits per heavy atom. The Morgan fingerprint density at radius 3 is 2.50 bits per heavy atom. The first-order chi connectivity index (χ1) is 15.3. The van der Waals surface area contributed by atoms with E-state index in [0.717, 1.165) is 21.7 Å². The number of fused-ring (bicyclic) bond motifs is 1. The molecule has 0 aromatic heterocycles. The highest BCUT2D eigenvalue weighted by atomic mass is 19.1. The molecule has 3 amide bonds. The summed E-state index contributed by atoms with van der Waals surface area (Å²) in [5.41, 5.74) is 0.285. The van der Waals surface area contributed by atoms with Crippen LogP contribution in [0.3, 0.4) is 0 Å². The van der Waals surface area contributed by atoms with E-state index in [4.69, 9.17) is 0 Å². The molecule has 32 heavy (non-hydrogen) atoms. The topological polar surface area (TPSA) is 101 Å². The lowest BCUT2D eigenvalue weighted by Gasteiger charge is -2.30. The fraction of sp³-hybridized carbons (Fsp3) is 0.261. The number of nitro benzene ring substituents is 1. The molecule has 9 heteroatoms. The van der Waals surface area contributed by atoms with E-state index in [1.807, 2.05) is 13.0 Å². The van der Waals surface area contributed by atoms with Crippen LogP contribution in [0.1, 0.15) is 35.7 Å². The number of amides is 3. The first-order valence-electron chi connectivity index (χ1n) is 10.1. The number of imide groups is 1. The quantitative estimate of drug-likeness (QED) is 0.308. The first-order valence-corrected chi connectivity index (χ1v) is 10.1. The van der Waals surface area contributed by atoms with Crippen molar-refractivity contribution in [3.05, 3.63) is 87.2 Å². The number of halogens is 1. The Balaban J connectivity index is 1.78. The Labute approximate surface area is 183 Å². The molecule has 1 aliphatic carbocycles. The summed E-state index contributed by atoms with van der Waals surface area (Å²) in [5.74, 6) is -3.91. The minimum atomic E-state index is -0.925. The van der Waals surface area contributed by atoms with Crippen LogP contribution in [0.25, 0.3) is 0 Å². The summed E-state index contributed by atoms with van der Waals surface area (Å²) in [5, 5.41) is 13.1. The Kier molecular flexibility index (Phi) is 5.56. The fourth-order valence-electron chi connectivity index (χ4n) is 4.23. The van der Waals surface area contributed by atoms with Gasteiger partial charge >= 0.3 is 0 Å². The van der Waals surface area contributed by atoms with Gasteiger partial charge < -0.3 is 0 Å². The first kappa shape index (κ1) is 21.4. The van der Waals surface area contributed by atoms with E-state index < -0.39 is 52.5 Å². The second-order valence-electron chi connectivity index (χ2n) is 7.92. The van der Waals surface area contributed by atoms with Crippen molar-refractivity contribution in [2.75, 3.05) is 0 Å². The summed E-state index contributed by atoms with van der Waals surface area (Å²) < 4.78 is 14.4. The number of para-hydroxylation sites is 1. The number of hydrazine groups is 1. The minimum absolute atomic E-state index is 0.0733. The summed E-state index contributed by atoms with van der Waals surface area (Å²) in [6.45, 7) is 1.44. The van der Waals surface area contributed by atoms with Crippen LogP contribution in [-0.4, -0.2) is 32.7 Å². The second-order valence-corrected chi connectivity index (χ2v) is 7.92. The van der Waals surface area contributed by atoms with Crippen LogP contribution in [0.5, 0.6) is 0 Å². The lowest BCUT2D eigenvalue weighted by atomic mass is 9.82. The summed E-state index contributed by atoms with van der Waals surface area (Å²) in [6.07, 6.45) is 2.64. The van der Waals surface area contributed by atoms with Crippen molar-refractivity contribution in [3.8, 4) is 0 Å². The molecule has 1 saturated heterocycles. The summed E-state index contributed by atoms with van der Waals surface area (Å²) in [7, 11) is 0. The molecule has 0 spiro atoms. The lowest BCUT2D eigenvalue weighted by molar-refractivity contribution is -0.385. The number of benzene rings is 2. The van der Waals surface area contributed by atoms with Gasteiger partial charge in [0.25, 0.3) is 23.4 Å². The lowest BCUT2D eigenvalue weighted by Crippen LogP contribution is -2.50. The molecule has 2 aliphatic rings. The normalized spacial score (nSPS) is 20.1. The zero-order chi connectivity index (χ0) is 23.0. The summed E-state index contributed by atoms with van der Waals surface area (Å²) in [6, 6.07) is 10.9. The maximum atomic E-state index is 14.4. The molecule has 0 unspecified atom stereocenters. The molecule has 0 saturated carbocycles. The van der Waals surface area contributed by atoms with Crippen molar-refractivity contribution in [1.82, 2.24) is 10.0 Å². The van der Waals surface area contributed by atoms with Crippen molar-refractivity contribution >= 4 is 23.4 Å². The number of nitro groups is 1. The van der Waals surface area contributed by atoms with Crippen LogP contribution in [0.4, 0.5) is 10.1 Å². The Hall–Kier alpha value is -3.88. The average molecular weight is 437 g/mol. The smallest absolute Gasteiger partial charge is 0.272 e. The molecule has 2 aromatic carbocycles. The van der Waals surface area contributed by atoms with Gasteiger partial charge in [0.15, 0.2) is 0 Å². The van der Waals surface area contributed by atoms with Gasteiger partial charge in [0.2, 0.25) is 0 Å². The van der Waals surface area contributed by atoms with Crippen LogP contribution < -0.4 is 0 Å². The molecule has 1 aliphatic heterocycles. The van der Waals surface area contributed by atoms with Gasteiger partial charge in [0.05, 0.1) is 23.3 Å². The molecule has 4 rings (SSSR count). The number of allylic oxidation sites excluding steroid dienone is 2. The van der Waals surface area contributed by atoms with E-state index >= 15 is 0 Å². The molecule has 1 fully saturated rings. The van der Waals surface area contributed by atoms with Gasteiger partial charge in [0.1, 0.15) is 11.4 Å². The standard InChI is InChI=1S/C23H20FN3O5/c1-14-10-11-16-18(12-14)23(30)26(22(16)29)25(13-15-6-2-4-8-19(15)24)21(28)17-7-3-5-9-20(17)27(31)32/h2-10,16,18H,11-13H2,1H3/t16-,18-/m1/s1. The zero-order valence-electron chi connectivity index (χ0n) is 17.2. The number of carbonyl (C=O) groups excluding carboxylic acids is 3. The summed E-state index contributed by atoms with van der Waals surface area (Å²) in [4.78, 5) is 50.6. The van der Waals surface area contributed by atoms with Crippen molar-refractivity contribution in [2.24, 2.45) is 11.8 Å². The molecule has 2 aromatic rings. The van der Waals surface area contributed by atoms with Crippen molar-refractivity contribution in [3.63, 3.8) is 0 Å². The van der Waals surface area contributed by atoms with E-state index in [1.165, 1.54) is 36.4 Å². The molecular formula is C23H20FN3O5. The molecule has 0 radical (unpaired) electrons. The molecule has 8 nitrogen and oxygen atoms in total. The van der Waals surface area contributed by atoms with E-state index in [1.54, 1.807) is 6.07 Å². The van der Waals surface area contributed by atoms with E-state index in [0.29, 0.717) is 12.8 Å². The highest BCUT2D eigenvalue weighted by Gasteiger charge is 2.51. The van der Waals surface area contributed by atoms with Crippen molar-refractivity contribution in [2.45, 2.75) is 26.3 Å². The average Bonchev–Trinajstić information content (AvgIpc) is 3.02. The highest BCUT2D eigenvalue weighted by molar-refractivity contribution is 6.08. The van der Waals surface area contributed by atoms with E-state index in [-0.39, 0.29) is 11.1 Å². The van der Waals surface area contributed by atoms with Gasteiger partial charge in [-0.15, -0.1) is 0 Å². The fourth-order valence-corrected chi connectivity index (χ4v) is 4.23. The summed E-state index contributed by atoms with van der Waals surface area (Å²) >= 11 is 0. The molecule has 1 heterocycles. The van der Waals surface area contributed by atoms with Gasteiger partial charge in [-0.2, -0.15) is 5.01 Å².